The fourth-order valence-electron chi connectivity index (χ4n) is 0.866. The SMILES string of the molecule is C#CCOc1cc(C(=O)O)ccc1F. The largest absolute Gasteiger partial charge is 0.478 e. The molecule has 0 bridgehead atoms. The molecule has 0 heterocycles. The first-order valence-corrected chi connectivity index (χ1v) is 3.74. The molecule has 14 heavy (non-hydrogen) atoms. The van der Waals surface area contributed by atoms with Crippen LogP contribution in [-0.2, 0) is 0 Å². The van der Waals surface area contributed by atoms with Crippen molar-refractivity contribution in [2.45, 2.75) is 0 Å². The van der Waals surface area contributed by atoms with Crippen molar-refractivity contribution < 1.29 is 19.0 Å². The molecule has 1 aromatic carbocycles. The second-order valence-corrected chi connectivity index (χ2v) is 2.44. The Morgan fingerprint density at radius 3 is 2.93 bits per heavy atom. The average Bonchev–Trinajstić information content (AvgIpc) is 2.16. The van der Waals surface area contributed by atoms with Gasteiger partial charge in [0.2, 0.25) is 0 Å². The Kier molecular flexibility index (Phi) is 3.08. The number of benzene rings is 1. The van der Waals surface area contributed by atoms with Gasteiger partial charge in [0.05, 0.1) is 5.56 Å². The third kappa shape index (κ3) is 2.23. The van der Waals surface area contributed by atoms with Crippen LogP contribution in [0.25, 0.3) is 0 Å². The summed E-state index contributed by atoms with van der Waals surface area (Å²) in [5, 5.41) is 8.61. The molecule has 0 spiro atoms. The highest BCUT2D eigenvalue weighted by Crippen LogP contribution is 2.18. The molecule has 0 amide bonds. The van der Waals surface area contributed by atoms with Crippen molar-refractivity contribution in [3.63, 3.8) is 0 Å². The Bertz CT molecular complexity index is 393. The number of carboxylic acid groups (broad SMARTS) is 1. The van der Waals surface area contributed by atoms with Crippen LogP contribution in [0.15, 0.2) is 18.2 Å². The van der Waals surface area contributed by atoms with E-state index in [1.807, 2.05) is 0 Å². The highest BCUT2D eigenvalue weighted by atomic mass is 19.1. The summed E-state index contributed by atoms with van der Waals surface area (Å²) in [6.07, 6.45) is 4.91. The van der Waals surface area contributed by atoms with Gasteiger partial charge in [-0.3, -0.25) is 0 Å². The maximum atomic E-state index is 13.0. The van der Waals surface area contributed by atoms with Crippen LogP contribution in [0, 0.1) is 18.2 Å². The van der Waals surface area contributed by atoms with Gasteiger partial charge < -0.3 is 9.84 Å². The van der Waals surface area contributed by atoms with Crippen LogP contribution in [0.5, 0.6) is 5.75 Å². The van der Waals surface area contributed by atoms with E-state index in [0.717, 1.165) is 18.2 Å². The second kappa shape index (κ2) is 4.28. The lowest BCUT2D eigenvalue weighted by Crippen LogP contribution is -2.00. The lowest BCUT2D eigenvalue weighted by atomic mass is 10.2. The topological polar surface area (TPSA) is 46.5 Å². The quantitative estimate of drug-likeness (QED) is 0.742. The zero-order chi connectivity index (χ0) is 10.6. The van der Waals surface area contributed by atoms with Crippen LogP contribution in [0.4, 0.5) is 4.39 Å². The Morgan fingerprint density at radius 2 is 2.36 bits per heavy atom. The van der Waals surface area contributed by atoms with Crippen LogP contribution in [0.3, 0.4) is 0 Å². The minimum atomic E-state index is -1.14. The van der Waals surface area contributed by atoms with E-state index in [1.54, 1.807) is 0 Å². The Hall–Kier alpha value is -2.02. The van der Waals surface area contributed by atoms with Crippen molar-refractivity contribution in [3.8, 4) is 18.1 Å². The average molecular weight is 194 g/mol. The van der Waals surface area contributed by atoms with E-state index in [-0.39, 0.29) is 17.9 Å². The molecule has 3 nitrogen and oxygen atoms in total. The molecule has 0 atom stereocenters. The number of halogens is 1. The number of ether oxygens (including phenoxy) is 1. The van der Waals surface area contributed by atoms with E-state index in [4.69, 9.17) is 16.3 Å². The predicted octanol–water partition coefficient (Wildman–Crippen LogP) is 1.54. The van der Waals surface area contributed by atoms with Crippen LogP contribution >= 0.6 is 0 Å². The fourth-order valence-corrected chi connectivity index (χ4v) is 0.866. The van der Waals surface area contributed by atoms with Crippen molar-refractivity contribution in [1.29, 1.82) is 0 Å². The number of rotatable bonds is 3. The molecule has 0 saturated carbocycles. The lowest BCUT2D eigenvalue weighted by Gasteiger charge is -2.04. The summed E-state index contributed by atoms with van der Waals surface area (Å²) in [7, 11) is 0. The minimum Gasteiger partial charge on any atom is -0.478 e. The number of terminal acetylenes is 1. The molecule has 0 aliphatic carbocycles. The van der Waals surface area contributed by atoms with E-state index in [1.165, 1.54) is 0 Å². The second-order valence-electron chi connectivity index (χ2n) is 2.44. The van der Waals surface area contributed by atoms with Gasteiger partial charge in [0.1, 0.15) is 6.61 Å². The number of hydrogen-bond donors (Lipinski definition) is 1. The summed E-state index contributed by atoms with van der Waals surface area (Å²) in [5.41, 5.74) is -0.0431. The first kappa shape index (κ1) is 10.1. The van der Waals surface area contributed by atoms with Gasteiger partial charge in [-0.25, -0.2) is 9.18 Å². The monoisotopic (exact) mass is 194 g/mol. The lowest BCUT2D eigenvalue weighted by molar-refractivity contribution is 0.0696. The van der Waals surface area contributed by atoms with Gasteiger partial charge in [-0.15, -0.1) is 6.42 Å². The number of aromatic carboxylic acids is 1. The van der Waals surface area contributed by atoms with Crippen molar-refractivity contribution in [3.05, 3.63) is 29.6 Å². The fraction of sp³-hybridized carbons (Fsp3) is 0.100. The highest BCUT2D eigenvalue weighted by Gasteiger charge is 2.08. The summed E-state index contributed by atoms with van der Waals surface area (Å²) in [6.45, 7) is -0.0972. The number of carboxylic acids is 1. The first-order valence-electron chi connectivity index (χ1n) is 3.74. The van der Waals surface area contributed by atoms with Crippen molar-refractivity contribution >= 4 is 5.97 Å². The van der Waals surface area contributed by atoms with Gasteiger partial charge in [0.25, 0.3) is 0 Å². The Labute approximate surface area is 80.1 Å². The van der Waals surface area contributed by atoms with Crippen LogP contribution in [0.2, 0.25) is 0 Å². The zero-order valence-corrected chi connectivity index (χ0v) is 7.16. The molecule has 0 radical (unpaired) electrons. The molecule has 1 aromatic rings. The molecular weight excluding hydrogens is 187 g/mol. The van der Waals surface area contributed by atoms with Crippen LogP contribution in [-0.4, -0.2) is 17.7 Å². The zero-order valence-electron chi connectivity index (χ0n) is 7.16. The van der Waals surface area contributed by atoms with E-state index in [2.05, 4.69) is 5.92 Å². The third-order valence-corrected chi connectivity index (χ3v) is 1.49. The van der Waals surface area contributed by atoms with Crippen molar-refractivity contribution in [2.24, 2.45) is 0 Å². The number of hydrogen-bond acceptors (Lipinski definition) is 2. The van der Waals surface area contributed by atoms with Crippen LogP contribution in [0.1, 0.15) is 10.4 Å². The Balaban J connectivity index is 2.97. The van der Waals surface area contributed by atoms with Crippen molar-refractivity contribution in [1.82, 2.24) is 0 Å². The molecule has 1 rings (SSSR count). The van der Waals surface area contributed by atoms with Gasteiger partial charge in [0, 0.05) is 0 Å². The first-order chi connectivity index (χ1) is 6.65. The highest BCUT2D eigenvalue weighted by molar-refractivity contribution is 5.88. The molecule has 72 valence electrons. The van der Waals surface area contributed by atoms with Crippen molar-refractivity contribution in [2.75, 3.05) is 6.61 Å². The summed E-state index contributed by atoms with van der Waals surface area (Å²) in [4.78, 5) is 10.5. The third-order valence-electron chi connectivity index (χ3n) is 1.49. The summed E-state index contributed by atoms with van der Waals surface area (Å²) < 4.78 is 17.8. The maximum Gasteiger partial charge on any atom is 0.335 e. The smallest absolute Gasteiger partial charge is 0.335 e. The summed E-state index contributed by atoms with van der Waals surface area (Å²) in [5.74, 6) is 0.229. The summed E-state index contributed by atoms with van der Waals surface area (Å²) in [6, 6.07) is 3.27. The van der Waals surface area contributed by atoms with E-state index < -0.39 is 11.8 Å². The Morgan fingerprint density at radius 1 is 1.64 bits per heavy atom. The molecule has 0 aliphatic rings. The molecule has 0 saturated heterocycles. The minimum absolute atomic E-state index is 0.0431. The molecule has 0 unspecified atom stereocenters. The van der Waals surface area contributed by atoms with E-state index >= 15 is 0 Å². The van der Waals surface area contributed by atoms with Gasteiger partial charge in [0.15, 0.2) is 11.6 Å². The van der Waals surface area contributed by atoms with Gasteiger partial charge in [-0.1, -0.05) is 5.92 Å². The van der Waals surface area contributed by atoms with Crippen LogP contribution < -0.4 is 4.74 Å². The van der Waals surface area contributed by atoms with E-state index in [9.17, 15) is 9.18 Å². The van der Waals surface area contributed by atoms with E-state index in [0.29, 0.717) is 0 Å². The maximum absolute atomic E-state index is 13.0. The molecule has 0 aliphatic heterocycles. The normalized spacial score (nSPS) is 9.14. The molecule has 0 aromatic heterocycles. The van der Waals surface area contributed by atoms with Gasteiger partial charge in [-0.05, 0) is 18.2 Å². The van der Waals surface area contributed by atoms with Gasteiger partial charge >= 0.3 is 5.97 Å². The molecule has 0 fully saturated rings. The molecule has 1 N–H and O–H groups in total. The molecular formula is C10H7FO3. The molecule has 4 heteroatoms. The summed E-state index contributed by atoms with van der Waals surface area (Å²) >= 11 is 0. The standard InChI is InChI=1S/C10H7FO3/c1-2-5-14-9-6-7(10(12)13)3-4-8(9)11/h1,3-4,6H,5H2,(H,12,13). The predicted molar refractivity (Wildman–Crippen MR) is 47.7 cm³/mol. The van der Waals surface area contributed by atoms with Gasteiger partial charge in [-0.2, -0.15) is 0 Å². The number of carbonyl (C=O) groups is 1.